The second kappa shape index (κ2) is 4.24. The van der Waals surface area contributed by atoms with Crippen LogP contribution in [0.5, 0.6) is 5.75 Å². The average Bonchev–Trinajstić information content (AvgIpc) is 2.12. The molecule has 0 aliphatic heterocycles. The number of halogens is 4. The number of rotatable bonds is 2. The number of nitrogens with zero attached hydrogens (tertiary/aromatic N) is 2. The average molecular weight is 222 g/mol. The molecule has 0 spiro atoms. The van der Waals surface area contributed by atoms with Crippen molar-refractivity contribution in [3.63, 3.8) is 0 Å². The zero-order valence-corrected chi connectivity index (χ0v) is 7.55. The molecule has 1 aromatic carbocycles. The van der Waals surface area contributed by atoms with Crippen LogP contribution in [0.3, 0.4) is 0 Å². The minimum atomic E-state index is -4.62. The quantitative estimate of drug-likeness (QED) is 0.429. The molecular weight excluding hydrogens is 216 g/mol. The van der Waals surface area contributed by atoms with Crippen LogP contribution >= 0.6 is 0 Å². The first-order valence-electron chi connectivity index (χ1n) is 3.77. The van der Waals surface area contributed by atoms with Gasteiger partial charge >= 0.3 is 6.18 Å². The molecule has 0 radical (unpaired) electrons. The van der Waals surface area contributed by atoms with Crippen molar-refractivity contribution in [2.75, 3.05) is 7.05 Å². The Morgan fingerprint density at radius 3 is 2.40 bits per heavy atom. The Labute approximate surface area is 82.3 Å². The Bertz CT molecular complexity index is 375. The smallest absolute Gasteiger partial charge is 0.340 e. The molecule has 0 unspecified atom stereocenters. The molecule has 3 nitrogen and oxygen atoms in total. The Balaban J connectivity index is 3.05. The maximum absolute atomic E-state index is 12.7. The van der Waals surface area contributed by atoms with Crippen LogP contribution in [-0.4, -0.2) is 7.05 Å². The van der Waals surface area contributed by atoms with Crippen molar-refractivity contribution >= 4 is 0 Å². The molecule has 0 N–H and O–H groups in total. The number of hydrogen-bond donors (Lipinski definition) is 0. The lowest BCUT2D eigenvalue weighted by Gasteiger charge is -2.07. The van der Waals surface area contributed by atoms with Crippen molar-refractivity contribution in [2.45, 2.75) is 6.18 Å². The van der Waals surface area contributed by atoms with Gasteiger partial charge in [-0.05, 0) is 12.1 Å². The summed E-state index contributed by atoms with van der Waals surface area (Å²) in [5.41, 5.74) is -1.14. The van der Waals surface area contributed by atoms with Crippen LogP contribution in [0, 0.1) is 5.82 Å². The van der Waals surface area contributed by atoms with Gasteiger partial charge in [0.1, 0.15) is 5.82 Å². The van der Waals surface area contributed by atoms with Crippen LogP contribution in [0.25, 0.3) is 0 Å². The third kappa shape index (κ3) is 3.19. The summed E-state index contributed by atoms with van der Waals surface area (Å²) in [6.07, 6.45) is -4.62. The summed E-state index contributed by atoms with van der Waals surface area (Å²) in [4.78, 5) is 4.39. The fraction of sp³-hybridized carbons (Fsp3) is 0.250. The summed E-state index contributed by atoms with van der Waals surface area (Å²) >= 11 is 0. The van der Waals surface area contributed by atoms with Gasteiger partial charge in [0.25, 0.3) is 0 Å². The van der Waals surface area contributed by atoms with Crippen molar-refractivity contribution in [1.82, 2.24) is 0 Å². The van der Waals surface area contributed by atoms with Crippen molar-refractivity contribution in [1.29, 1.82) is 0 Å². The lowest BCUT2D eigenvalue weighted by molar-refractivity contribution is -0.137. The highest BCUT2D eigenvalue weighted by atomic mass is 19.4. The minimum Gasteiger partial charge on any atom is -0.340 e. The van der Waals surface area contributed by atoms with Gasteiger partial charge in [0.05, 0.1) is 12.6 Å². The fourth-order valence-electron chi connectivity index (χ4n) is 0.867. The van der Waals surface area contributed by atoms with E-state index < -0.39 is 17.6 Å². The standard InChI is InChI=1S/C8H6F4N2O/c1-13-14-15-7-3-5(8(10,11)12)2-6(9)4-7/h2-4H,1H3. The Hall–Kier alpha value is -1.66. The SMILES string of the molecule is CN=NOc1cc(F)cc(C(F)(F)F)c1. The highest BCUT2D eigenvalue weighted by Gasteiger charge is 2.31. The van der Waals surface area contributed by atoms with Crippen LogP contribution in [0.1, 0.15) is 5.56 Å². The van der Waals surface area contributed by atoms with Gasteiger partial charge in [0.2, 0.25) is 0 Å². The fourth-order valence-corrected chi connectivity index (χ4v) is 0.867. The highest BCUT2D eigenvalue weighted by molar-refractivity contribution is 5.31. The molecule has 0 saturated heterocycles. The van der Waals surface area contributed by atoms with Gasteiger partial charge in [0, 0.05) is 11.3 Å². The summed E-state index contributed by atoms with van der Waals surface area (Å²) in [6.45, 7) is 0. The largest absolute Gasteiger partial charge is 0.416 e. The molecule has 1 aromatic rings. The molecule has 0 atom stereocenters. The molecule has 7 heteroatoms. The first-order chi connectivity index (χ1) is 6.93. The maximum atomic E-state index is 12.7. The summed E-state index contributed by atoms with van der Waals surface area (Å²) < 4.78 is 49.3. The Morgan fingerprint density at radius 1 is 1.20 bits per heavy atom. The van der Waals surface area contributed by atoms with Gasteiger partial charge in [-0.2, -0.15) is 18.3 Å². The Morgan fingerprint density at radius 2 is 1.87 bits per heavy atom. The van der Waals surface area contributed by atoms with E-state index in [9.17, 15) is 17.6 Å². The van der Waals surface area contributed by atoms with E-state index in [1.165, 1.54) is 7.05 Å². The lowest BCUT2D eigenvalue weighted by Crippen LogP contribution is -2.05. The normalized spacial score (nSPS) is 12.1. The van der Waals surface area contributed by atoms with Crippen LogP contribution in [0.15, 0.2) is 28.6 Å². The van der Waals surface area contributed by atoms with Crippen LogP contribution in [-0.2, 0) is 6.18 Å². The maximum Gasteiger partial charge on any atom is 0.416 e. The Kier molecular flexibility index (Phi) is 3.23. The first kappa shape index (κ1) is 11.4. The highest BCUT2D eigenvalue weighted by Crippen LogP contribution is 2.32. The van der Waals surface area contributed by atoms with E-state index in [1.54, 1.807) is 0 Å². The molecule has 0 heterocycles. The van der Waals surface area contributed by atoms with Crippen molar-refractivity contribution in [3.8, 4) is 5.75 Å². The molecule has 0 aliphatic rings. The lowest BCUT2D eigenvalue weighted by atomic mass is 10.2. The van der Waals surface area contributed by atoms with Crippen molar-refractivity contribution < 1.29 is 22.4 Å². The van der Waals surface area contributed by atoms with Crippen molar-refractivity contribution in [2.24, 2.45) is 10.4 Å². The number of benzene rings is 1. The van der Waals surface area contributed by atoms with Crippen LogP contribution in [0.2, 0.25) is 0 Å². The third-order valence-electron chi connectivity index (χ3n) is 1.43. The van der Waals surface area contributed by atoms with E-state index in [1.807, 2.05) is 0 Å². The molecule has 1 rings (SSSR count). The molecule has 0 saturated carbocycles. The van der Waals surface area contributed by atoms with Gasteiger partial charge in [0.15, 0.2) is 5.75 Å². The summed E-state index contributed by atoms with van der Waals surface area (Å²) in [7, 11) is 1.27. The van der Waals surface area contributed by atoms with E-state index >= 15 is 0 Å². The van der Waals surface area contributed by atoms with Gasteiger partial charge in [-0.25, -0.2) is 4.39 Å². The predicted octanol–water partition coefficient (Wildman–Crippen LogP) is 3.22. The molecule has 0 aromatic heterocycles. The van der Waals surface area contributed by atoms with Gasteiger partial charge < -0.3 is 4.84 Å². The van der Waals surface area contributed by atoms with Crippen LogP contribution < -0.4 is 4.84 Å². The van der Waals surface area contributed by atoms with Crippen molar-refractivity contribution in [3.05, 3.63) is 29.6 Å². The van der Waals surface area contributed by atoms with Gasteiger partial charge in [-0.3, -0.25) is 0 Å². The topological polar surface area (TPSA) is 34.0 Å². The molecule has 0 fully saturated rings. The first-order valence-corrected chi connectivity index (χ1v) is 3.77. The monoisotopic (exact) mass is 222 g/mol. The van der Waals surface area contributed by atoms with Gasteiger partial charge in [-0.1, -0.05) is 0 Å². The zero-order valence-electron chi connectivity index (χ0n) is 7.55. The predicted molar refractivity (Wildman–Crippen MR) is 42.8 cm³/mol. The zero-order chi connectivity index (χ0) is 11.5. The minimum absolute atomic E-state index is 0.354. The molecular formula is C8H6F4N2O. The second-order valence-electron chi connectivity index (χ2n) is 2.55. The molecule has 0 aliphatic carbocycles. The van der Waals surface area contributed by atoms with E-state index in [-0.39, 0.29) is 5.75 Å². The van der Waals surface area contributed by atoms with Gasteiger partial charge in [-0.15, -0.1) is 0 Å². The molecule has 0 bridgehead atoms. The van der Waals surface area contributed by atoms with E-state index in [0.717, 1.165) is 6.07 Å². The summed E-state index contributed by atoms with van der Waals surface area (Å²) in [5, 5.41) is 6.15. The summed E-state index contributed by atoms with van der Waals surface area (Å²) in [5.74, 6) is -1.40. The van der Waals surface area contributed by atoms with Crippen LogP contribution in [0.4, 0.5) is 17.6 Å². The van der Waals surface area contributed by atoms with E-state index in [0.29, 0.717) is 12.1 Å². The molecule has 15 heavy (non-hydrogen) atoms. The number of alkyl halides is 3. The van der Waals surface area contributed by atoms with E-state index in [4.69, 9.17) is 0 Å². The molecule has 82 valence electrons. The van der Waals surface area contributed by atoms with E-state index in [2.05, 4.69) is 15.2 Å². The molecule has 0 amide bonds. The second-order valence-corrected chi connectivity index (χ2v) is 2.55. The third-order valence-corrected chi connectivity index (χ3v) is 1.43. The number of hydrogen-bond acceptors (Lipinski definition) is 3. The summed E-state index contributed by atoms with van der Waals surface area (Å²) in [6, 6.07) is 1.79.